The molecule has 0 radical (unpaired) electrons. The van der Waals surface area contributed by atoms with Gasteiger partial charge >= 0.3 is 0 Å². The van der Waals surface area contributed by atoms with Gasteiger partial charge in [0, 0.05) is 43.8 Å². The normalized spacial score (nSPS) is 15.5. The number of aromatic nitrogens is 1. The fourth-order valence-corrected chi connectivity index (χ4v) is 3.59. The van der Waals surface area contributed by atoms with Crippen molar-refractivity contribution < 1.29 is 4.79 Å². The second kappa shape index (κ2) is 7.81. The zero-order valence-electron chi connectivity index (χ0n) is 14.2. The minimum absolute atomic E-state index is 0.147. The van der Waals surface area contributed by atoms with E-state index in [1.54, 1.807) is 11.8 Å². The highest BCUT2D eigenvalue weighted by Crippen LogP contribution is 2.22. The first kappa shape index (κ1) is 17.0. The number of amides is 1. The Morgan fingerprint density at radius 3 is 2.58 bits per heavy atom. The summed E-state index contributed by atoms with van der Waals surface area (Å²) in [5.74, 6) is 0.147. The van der Waals surface area contributed by atoms with E-state index >= 15 is 0 Å². The molecule has 0 spiro atoms. The summed E-state index contributed by atoms with van der Waals surface area (Å²) in [5.41, 5.74) is 3.17. The Kier molecular flexibility index (Phi) is 5.53. The quantitative estimate of drug-likeness (QED) is 0.801. The SMILES string of the molecule is CSc1ccccc1C(=O)N1CCN(Cc2ncccc2C)CC1. The van der Waals surface area contributed by atoms with E-state index in [4.69, 9.17) is 0 Å². The van der Waals surface area contributed by atoms with Gasteiger partial charge in [-0.1, -0.05) is 18.2 Å². The molecule has 0 unspecified atom stereocenters. The molecule has 0 saturated carbocycles. The van der Waals surface area contributed by atoms with Crippen LogP contribution in [0.15, 0.2) is 47.5 Å². The van der Waals surface area contributed by atoms with Gasteiger partial charge in [0.2, 0.25) is 0 Å². The van der Waals surface area contributed by atoms with Crippen molar-refractivity contribution in [3.8, 4) is 0 Å². The van der Waals surface area contributed by atoms with Crippen molar-refractivity contribution >= 4 is 17.7 Å². The molecule has 0 atom stereocenters. The summed E-state index contributed by atoms with van der Waals surface area (Å²) >= 11 is 1.63. The number of pyridine rings is 1. The Bertz CT molecular complexity index is 711. The summed E-state index contributed by atoms with van der Waals surface area (Å²) in [6.45, 7) is 6.28. The average molecular weight is 341 g/mol. The van der Waals surface area contributed by atoms with Gasteiger partial charge in [-0.05, 0) is 36.9 Å². The zero-order chi connectivity index (χ0) is 16.9. The second-order valence-electron chi connectivity index (χ2n) is 6.04. The van der Waals surface area contributed by atoms with Crippen molar-refractivity contribution in [2.75, 3.05) is 32.4 Å². The Morgan fingerprint density at radius 2 is 1.88 bits per heavy atom. The Balaban J connectivity index is 1.61. The smallest absolute Gasteiger partial charge is 0.255 e. The fraction of sp³-hybridized carbons (Fsp3) is 0.368. The number of hydrogen-bond donors (Lipinski definition) is 0. The Morgan fingerprint density at radius 1 is 1.12 bits per heavy atom. The molecule has 2 aromatic rings. The van der Waals surface area contributed by atoms with Crippen LogP contribution in [-0.2, 0) is 6.54 Å². The predicted octanol–water partition coefficient (Wildman–Crippen LogP) is 3.07. The molecular weight excluding hydrogens is 318 g/mol. The maximum Gasteiger partial charge on any atom is 0.255 e. The third-order valence-electron chi connectivity index (χ3n) is 4.49. The maximum absolute atomic E-state index is 12.8. The van der Waals surface area contributed by atoms with Crippen molar-refractivity contribution in [2.24, 2.45) is 0 Å². The first-order valence-corrected chi connectivity index (χ1v) is 9.46. The summed E-state index contributed by atoms with van der Waals surface area (Å²) < 4.78 is 0. The highest BCUT2D eigenvalue weighted by Gasteiger charge is 2.23. The topological polar surface area (TPSA) is 36.4 Å². The zero-order valence-corrected chi connectivity index (χ0v) is 15.1. The molecule has 126 valence electrons. The molecule has 0 N–H and O–H groups in total. The minimum Gasteiger partial charge on any atom is -0.336 e. The Labute approximate surface area is 147 Å². The van der Waals surface area contributed by atoms with Crippen LogP contribution in [0.1, 0.15) is 21.6 Å². The molecule has 1 fully saturated rings. The third-order valence-corrected chi connectivity index (χ3v) is 5.28. The molecule has 3 rings (SSSR count). The highest BCUT2D eigenvalue weighted by atomic mass is 32.2. The summed E-state index contributed by atoms with van der Waals surface area (Å²) in [4.78, 5) is 22.6. The molecule has 1 saturated heterocycles. The Hall–Kier alpha value is -1.85. The van der Waals surface area contributed by atoms with Gasteiger partial charge in [-0.3, -0.25) is 14.7 Å². The van der Waals surface area contributed by atoms with Gasteiger partial charge in [0.05, 0.1) is 11.3 Å². The molecule has 0 aliphatic carbocycles. The van der Waals surface area contributed by atoms with Crippen LogP contribution in [0.3, 0.4) is 0 Å². The summed E-state index contributed by atoms with van der Waals surface area (Å²) in [6.07, 6.45) is 3.86. The van der Waals surface area contributed by atoms with Crippen LogP contribution in [0, 0.1) is 6.92 Å². The summed E-state index contributed by atoms with van der Waals surface area (Å²) in [6, 6.07) is 11.9. The monoisotopic (exact) mass is 341 g/mol. The number of hydrogen-bond acceptors (Lipinski definition) is 4. The first-order valence-electron chi connectivity index (χ1n) is 8.24. The van der Waals surface area contributed by atoms with Crippen molar-refractivity contribution in [3.63, 3.8) is 0 Å². The van der Waals surface area contributed by atoms with E-state index in [0.717, 1.165) is 48.9 Å². The van der Waals surface area contributed by atoms with Crippen LogP contribution >= 0.6 is 11.8 Å². The molecule has 5 heteroatoms. The molecule has 2 heterocycles. The lowest BCUT2D eigenvalue weighted by molar-refractivity contribution is 0.0623. The lowest BCUT2D eigenvalue weighted by Crippen LogP contribution is -2.48. The number of carbonyl (C=O) groups is 1. The molecular formula is C19H23N3OS. The van der Waals surface area contributed by atoms with Crippen LogP contribution in [-0.4, -0.2) is 53.1 Å². The molecule has 4 nitrogen and oxygen atoms in total. The summed E-state index contributed by atoms with van der Waals surface area (Å²) in [7, 11) is 0. The number of piperazine rings is 1. The number of carbonyl (C=O) groups excluding carboxylic acids is 1. The molecule has 0 bridgehead atoms. The fourth-order valence-electron chi connectivity index (χ4n) is 3.00. The van der Waals surface area contributed by atoms with E-state index in [0.29, 0.717) is 0 Å². The van der Waals surface area contributed by atoms with E-state index in [1.165, 1.54) is 5.56 Å². The number of thioether (sulfide) groups is 1. The van der Waals surface area contributed by atoms with Gasteiger partial charge in [0.1, 0.15) is 0 Å². The number of rotatable bonds is 4. The highest BCUT2D eigenvalue weighted by molar-refractivity contribution is 7.98. The first-order chi connectivity index (χ1) is 11.7. The molecule has 24 heavy (non-hydrogen) atoms. The van der Waals surface area contributed by atoms with Gasteiger partial charge in [-0.2, -0.15) is 0 Å². The van der Waals surface area contributed by atoms with Gasteiger partial charge in [0.15, 0.2) is 0 Å². The van der Waals surface area contributed by atoms with Crippen LogP contribution in [0.25, 0.3) is 0 Å². The van der Waals surface area contributed by atoms with Crippen molar-refractivity contribution in [1.29, 1.82) is 0 Å². The number of benzene rings is 1. The largest absolute Gasteiger partial charge is 0.336 e. The van der Waals surface area contributed by atoms with Gasteiger partial charge < -0.3 is 4.90 Å². The maximum atomic E-state index is 12.8. The number of aryl methyl sites for hydroxylation is 1. The van der Waals surface area contributed by atoms with E-state index < -0.39 is 0 Å². The van der Waals surface area contributed by atoms with Gasteiger partial charge in [0.25, 0.3) is 5.91 Å². The molecule has 1 aliphatic heterocycles. The van der Waals surface area contributed by atoms with Crippen LogP contribution in [0.5, 0.6) is 0 Å². The predicted molar refractivity (Wildman–Crippen MR) is 98.4 cm³/mol. The standard InChI is InChI=1S/C19H23N3OS/c1-15-6-5-9-20-17(15)14-21-10-12-22(13-11-21)19(23)16-7-3-4-8-18(16)24-2/h3-9H,10-14H2,1-2H3. The van der Waals surface area contributed by atoms with Crippen molar-refractivity contribution in [2.45, 2.75) is 18.4 Å². The van der Waals surface area contributed by atoms with E-state index in [1.807, 2.05) is 47.7 Å². The van der Waals surface area contributed by atoms with E-state index in [-0.39, 0.29) is 5.91 Å². The molecule has 1 aliphatic rings. The van der Waals surface area contributed by atoms with Crippen molar-refractivity contribution in [3.05, 3.63) is 59.4 Å². The molecule has 1 aromatic carbocycles. The lowest BCUT2D eigenvalue weighted by atomic mass is 10.1. The van der Waals surface area contributed by atoms with Crippen LogP contribution < -0.4 is 0 Å². The average Bonchev–Trinajstić information content (AvgIpc) is 2.63. The van der Waals surface area contributed by atoms with Crippen LogP contribution in [0.4, 0.5) is 0 Å². The van der Waals surface area contributed by atoms with Gasteiger partial charge in [-0.15, -0.1) is 11.8 Å². The molecule has 1 aromatic heterocycles. The minimum atomic E-state index is 0.147. The van der Waals surface area contributed by atoms with Gasteiger partial charge in [-0.25, -0.2) is 0 Å². The lowest BCUT2D eigenvalue weighted by Gasteiger charge is -2.35. The summed E-state index contributed by atoms with van der Waals surface area (Å²) in [5, 5.41) is 0. The third kappa shape index (κ3) is 3.79. The van der Waals surface area contributed by atoms with Crippen molar-refractivity contribution in [1.82, 2.24) is 14.8 Å². The molecule has 1 amide bonds. The number of nitrogens with zero attached hydrogens (tertiary/aromatic N) is 3. The second-order valence-corrected chi connectivity index (χ2v) is 6.88. The van der Waals surface area contributed by atoms with E-state index in [9.17, 15) is 4.79 Å². The van der Waals surface area contributed by atoms with Crippen LogP contribution in [0.2, 0.25) is 0 Å². The van der Waals surface area contributed by atoms with E-state index in [2.05, 4.69) is 22.9 Å².